The van der Waals surface area contributed by atoms with Gasteiger partial charge in [0.05, 0.1) is 32.6 Å². The van der Waals surface area contributed by atoms with Gasteiger partial charge < -0.3 is 18.5 Å². The van der Waals surface area contributed by atoms with Crippen molar-refractivity contribution in [1.82, 2.24) is 0 Å². The number of hydrogen-bond donors (Lipinski definition) is 0. The quantitative estimate of drug-likeness (QED) is 0.0588. The lowest BCUT2D eigenvalue weighted by Gasteiger charge is -2.19. The molecule has 0 aromatic carbocycles. The summed E-state index contributed by atoms with van der Waals surface area (Å²) < 4.78 is 36.2. The molecule has 5 nitrogen and oxygen atoms in total. The SMILES string of the molecule is CCCCCCCCCCCCCCCCP(=O)(OCCOCCCCCC)OCCOCCCCCC. The molecule has 0 fully saturated rings. The van der Waals surface area contributed by atoms with Crippen LogP contribution in [0, 0.1) is 0 Å². The van der Waals surface area contributed by atoms with Crippen LogP contribution in [0.15, 0.2) is 0 Å². The van der Waals surface area contributed by atoms with Gasteiger partial charge in [-0.15, -0.1) is 0 Å². The maximum absolute atomic E-state index is 13.3. The van der Waals surface area contributed by atoms with E-state index >= 15 is 0 Å². The van der Waals surface area contributed by atoms with E-state index in [1.807, 2.05) is 0 Å². The standard InChI is InChI=1S/C32H67O5P/c1-4-7-10-13-14-15-16-17-18-19-20-21-22-25-32-38(33,36-30-28-34-26-23-11-8-5-2)37-31-29-35-27-24-12-9-6-3/h4-32H2,1-3H3. The second kappa shape index (κ2) is 31.6. The van der Waals surface area contributed by atoms with Gasteiger partial charge in [0.15, 0.2) is 0 Å². The molecule has 0 saturated heterocycles. The van der Waals surface area contributed by atoms with Crippen LogP contribution in [0.2, 0.25) is 0 Å². The Morgan fingerprint density at radius 1 is 0.368 bits per heavy atom. The average Bonchev–Trinajstić information content (AvgIpc) is 2.92. The summed E-state index contributed by atoms with van der Waals surface area (Å²) in [5.41, 5.74) is 0. The molecule has 0 N–H and O–H groups in total. The molecule has 0 radical (unpaired) electrons. The van der Waals surface area contributed by atoms with Gasteiger partial charge in [0.1, 0.15) is 0 Å². The summed E-state index contributed by atoms with van der Waals surface area (Å²) in [7, 11) is -3.10. The average molecular weight is 563 g/mol. The first-order chi connectivity index (χ1) is 18.7. The van der Waals surface area contributed by atoms with Crippen molar-refractivity contribution in [3.8, 4) is 0 Å². The zero-order chi connectivity index (χ0) is 27.8. The Morgan fingerprint density at radius 2 is 0.684 bits per heavy atom. The molecule has 0 rings (SSSR count). The first kappa shape index (κ1) is 38.1. The Hall–Kier alpha value is 0.0700. The van der Waals surface area contributed by atoms with Crippen molar-refractivity contribution in [2.45, 2.75) is 162 Å². The number of rotatable bonds is 33. The van der Waals surface area contributed by atoms with Crippen molar-refractivity contribution in [3.05, 3.63) is 0 Å². The maximum Gasteiger partial charge on any atom is 0.330 e. The van der Waals surface area contributed by atoms with Crippen molar-refractivity contribution in [2.75, 3.05) is 45.8 Å². The van der Waals surface area contributed by atoms with E-state index < -0.39 is 7.60 Å². The monoisotopic (exact) mass is 562 g/mol. The summed E-state index contributed by atoms with van der Waals surface area (Å²) in [6, 6.07) is 0. The third-order valence-corrected chi connectivity index (χ3v) is 9.12. The van der Waals surface area contributed by atoms with Crippen LogP contribution in [0.5, 0.6) is 0 Å². The van der Waals surface area contributed by atoms with E-state index in [9.17, 15) is 4.57 Å². The second-order valence-corrected chi connectivity index (χ2v) is 13.1. The summed E-state index contributed by atoms with van der Waals surface area (Å²) in [6.07, 6.45) is 28.4. The summed E-state index contributed by atoms with van der Waals surface area (Å²) in [5, 5.41) is 0. The Balaban J connectivity index is 3.97. The topological polar surface area (TPSA) is 54.0 Å². The highest BCUT2D eigenvalue weighted by Gasteiger charge is 2.24. The highest BCUT2D eigenvalue weighted by molar-refractivity contribution is 7.53. The molecule has 0 aliphatic rings. The van der Waals surface area contributed by atoms with Gasteiger partial charge in [-0.1, -0.05) is 143 Å². The maximum atomic E-state index is 13.3. The Morgan fingerprint density at radius 3 is 1.05 bits per heavy atom. The summed E-state index contributed by atoms with van der Waals surface area (Å²) in [4.78, 5) is 0. The Bertz CT molecular complexity index is 464. The summed E-state index contributed by atoms with van der Waals surface area (Å²) in [5.74, 6) is 0. The van der Waals surface area contributed by atoms with Crippen LogP contribution in [0.1, 0.15) is 162 Å². The van der Waals surface area contributed by atoms with Gasteiger partial charge in [-0.25, -0.2) is 0 Å². The summed E-state index contributed by atoms with van der Waals surface area (Å²) in [6.45, 7) is 9.82. The predicted octanol–water partition coefficient (Wildman–Crippen LogP) is 10.9. The van der Waals surface area contributed by atoms with Crippen LogP contribution in [-0.2, 0) is 23.1 Å². The molecule has 0 aliphatic carbocycles. The van der Waals surface area contributed by atoms with E-state index in [0.29, 0.717) is 32.6 Å². The van der Waals surface area contributed by atoms with Gasteiger partial charge in [-0.2, -0.15) is 0 Å². The molecule has 0 atom stereocenters. The molecular weight excluding hydrogens is 495 g/mol. The number of hydrogen-bond acceptors (Lipinski definition) is 5. The summed E-state index contributed by atoms with van der Waals surface area (Å²) >= 11 is 0. The van der Waals surface area contributed by atoms with Crippen molar-refractivity contribution in [3.63, 3.8) is 0 Å². The Kier molecular flexibility index (Phi) is 31.7. The van der Waals surface area contributed by atoms with Crippen LogP contribution in [0.4, 0.5) is 0 Å². The first-order valence-electron chi connectivity index (χ1n) is 16.7. The van der Waals surface area contributed by atoms with Gasteiger partial charge in [0.25, 0.3) is 0 Å². The largest absolute Gasteiger partial charge is 0.379 e. The minimum absolute atomic E-state index is 0.335. The van der Waals surface area contributed by atoms with Gasteiger partial charge in [-0.3, -0.25) is 4.57 Å². The smallest absolute Gasteiger partial charge is 0.330 e. The molecule has 0 heterocycles. The van der Waals surface area contributed by atoms with Gasteiger partial charge in [0.2, 0.25) is 0 Å². The lowest BCUT2D eigenvalue weighted by molar-refractivity contribution is 0.0718. The first-order valence-corrected chi connectivity index (χ1v) is 18.4. The van der Waals surface area contributed by atoms with E-state index in [4.69, 9.17) is 18.5 Å². The molecule has 230 valence electrons. The minimum Gasteiger partial charge on any atom is -0.379 e. The van der Waals surface area contributed by atoms with E-state index in [1.165, 1.54) is 116 Å². The molecule has 6 heteroatoms. The van der Waals surface area contributed by atoms with Crippen LogP contribution in [0.25, 0.3) is 0 Å². The molecule has 0 bridgehead atoms. The molecular formula is C32H67O5P. The van der Waals surface area contributed by atoms with Crippen LogP contribution >= 0.6 is 7.60 Å². The van der Waals surface area contributed by atoms with Crippen LogP contribution in [0.3, 0.4) is 0 Å². The minimum atomic E-state index is -3.10. The molecule has 0 unspecified atom stereocenters. The van der Waals surface area contributed by atoms with E-state index in [1.54, 1.807) is 0 Å². The van der Waals surface area contributed by atoms with Crippen LogP contribution in [-0.4, -0.2) is 45.8 Å². The van der Waals surface area contributed by atoms with Crippen molar-refractivity contribution >= 4 is 7.60 Å². The normalized spacial score (nSPS) is 12.0. The van der Waals surface area contributed by atoms with Gasteiger partial charge >= 0.3 is 7.60 Å². The molecule has 0 spiro atoms. The predicted molar refractivity (Wildman–Crippen MR) is 165 cm³/mol. The van der Waals surface area contributed by atoms with Gasteiger partial charge in [0, 0.05) is 13.2 Å². The lowest BCUT2D eigenvalue weighted by Crippen LogP contribution is -2.10. The zero-order valence-electron chi connectivity index (χ0n) is 26.0. The molecule has 38 heavy (non-hydrogen) atoms. The van der Waals surface area contributed by atoms with Gasteiger partial charge in [-0.05, 0) is 19.3 Å². The zero-order valence-corrected chi connectivity index (χ0v) is 26.9. The fraction of sp³-hybridized carbons (Fsp3) is 1.00. The fourth-order valence-electron chi connectivity index (χ4n) is 4.60. The molecule has 0 aliphatic heterocycles. The lowest BCUT2D eigenvalue weighted by atomic mass is 10.0. The number of unbranched alkanes of at least 4 members (excludes halogenated alkanes) is 19. The highest BCUT2D eigenvalue weighted by Crippen LogP contribution is 2.48. The van der Waals surface area contributed by atoms with E-state index in [-0.39, 0.29) is 0 Å². The van der Waals surface area contributed by atoms with E-state index in [2.05, 4.69) is 20.8 Å². The second-order valence-electron chi connectivity index (χ2n) is 10.9. The molecule has 0 aromatic heterocycles. The highest BCUT2D eigenvalue weighted by atomic mass is 31.2. The third kappa shape index (κ3) is 29.1. The van der Waals surface area contributed by atoms with Crippen molar-refractivity contribution in [1.29, 1.82) is 0 Å². The Labute approximate surface area is 238 Å². The van der Waals surface area contributed by atoms with E-state index in [0.717, 1.165) is 38.9 Å². The molecule has 0 amide bonds. The van der Waals surface area contributed by atoms with Crippen molar-refractivity contribution < 1.29 is 23.1 Å². The van der Waals surface area contributed by atoms with Crippen LogP contribution < -0.4 is 0 Å². The molecule has 0 aromatic rings. The van der Waals surface area contributed by atoms with Crippen molar-refractivity contribution in [2.24, 2.45) is 0 Å². The fourth-order valence-corrected chi connectivity index (χ4v) is 6.25. The molecule has 0 saturated carbocycles. The number of ether oxygens (including phenoxy) is 2. The third-order valence-electron chi connectivity index (χ3n) is 7.10.